The first-order valence-corrected chi connectivity index (χ1v) is 6.66. The van der Waals surface area contributed by atoms with Crippen molar-refractivity contribution in [1.82, 2.24) is 0 Å². The van der Waals surface area contributed by atoms with Gasteiger partial charge < -0.3 is 19.9 Å². The van der Waals surface area contributed by atoms with Crippen LogP contribution in [0.2, 0.25) is 0 Å². The Morgan fingerprint density at radius 2 is 1.90 bits per heavy atom. The van der Waals surface area contributed by atoms with Gasteiger partial charge in [-0.25, -0.2) is 4.79 Å². The molecule has 1 rings (SSSR count). The molecule has 0 spiro atoms. The fourth-order valence-corrected chi connectivity index (χ4v) is 1.57. The SMILES string of the molecule is CCOc1cc(CN)ccc1OCC(=O)OC(C)(C)C. The predicted octanol–water partition coefficient (Wildman–Crippen LogP) is 2.26. The van der Waals surface area contributed by atoms with Crippen molar-refractivity contribution < 1.29 is 19.0 Å². The molecule has 5 heteroatoms. The Balaban J connectivity index is 2.69. The fourth-order valence-electron chi connectivity index (χ4n) is 1.57. The normalized spacial score (nSPS) is 11.1. The van der Waals surface area contributed by atoms with Gasteiger partial charge in [0.1, 0.15) is 5.60 Å². The Hall–Kier alpha value is -1.75. The number of benzene rings is 1. The fraction of sp³-hybridized carbons (Fsp3) is 0.533. The van der Waals surface area contributed by atoms with Crippen LogP contribution in [0.4, 0.5) is 0 Å². The molecular weight excluding hydrogens is 258 g/mol. The van der Waals surface area contributed by atoms with E-state index < -0.39 is 11.6 Å². The predicted molar refractivity (Wildman–Crippen MR) is 76.8 cm³/mol. The van der Waals surface area contributed by atoms with Crippen LogP contribution in [0.25, 0.3) is 0 Å². The third-order valence-electron chi connectivity index (χ3n) is 2.31. The lowest BCUT2D eigenvalue weighted by atomic mass is 10.2. The quantitative estimate of drug-likeness (QED) is 0.810. The van der Waals surface area contributed by atoms with Gasteiger partial charge in [-0.15, -0.1) is 0 Å². The Morgan fingerprint density at radius 1 is 1.20 bits per heavy atom. The van der Waals surface area contributed by atoms with E-state index in [1.54, 1.807) is 6.07 Å². The van der Waals surface area contributed by atoms with E-state index in [-0.39, 0.29) is 6.61 Å². The summed E-state index contributed by atoms with van der Waals surface area (Å²) < 4.78 is 16.1. The lowest BCUT2D eigenvalue weighted by Crippen LogP contribution is -2.27. The van der Waals surface area contributed by atoms with Gasteiger partial charge in [-0.3, -0.25) is 0 Å². The van der Waals surface area contributed by atoms with Gasteiger partial charge in [0.2, 0.25) is 0 Å². The van der Waals surface area contributed by atoms with Gasteiger partial charge in [0.15, 0.2) is 18.1 Å². The number of carbonyl (C=O) groups is 1. The Bertz CT molecular complexity index is 452. The van der Waals surface area contributed by atoms with E-state index in [0.717, 1.165) is 5.56 Å². The molecule has 5 nitrogen and oxygen atoms in total. The summed E-state index contributed by atoms with van der Waals surface area (Å²) in [5.74, 6) is 0.678. The summed E-state index contributed by atoms with van der Waals surface area (Å²) in [5.41, 5.74) is 6.01. The van der Waals surface area contributed by atoms with Crippen LogP contribution < -0.4 is 15.2 Å². The van der Waals surface area contributed by atoms with Crippen molar-refractivity contribution in [2.75, 3.05) is 13.2 Å². The molecule has 0 aromatic heterocycles. The van der Waals surface area contributed by atoms with E-state index >= 15 is 0 Å². The van der Waals surface area contributed by atoms with Gasteiger partial charge in [0.25, 0.3) is 0 Å². The van der Waals surface area contributed by atoms with Crippen LogP contribution >= 0.6 is 0 Å². The summed E-state index contributed by atoms with van der Waals surface area (Å²) in [5, 5.41) is 0. The molecular formula is C15H23NO4. The topological polar surface area (TPSA) is 70.8 Å². The molecule has 0 atom stereocenters. The molecule has 0 heterocycles. The minimum Gasteiger partial charge on any atom is -0.490 e. The molecule has 0 unspecified atom stereocenters. The number of nitrogens with two attached hydrogens (primary N) is 1. The minimum absolute atomic E-state index is 0.153. The summed E-state index contributed by atoms with van der Waals surface area (Å²) in [6.45, 7) is 8.10. The van der Waals surface area contributed by atoms with Crippen molar-refractivity contribution in [3.05, 3.63) is 23.8 Å². The van der Waals surface area contributed by atoms with Crippen LogP contribution in [-0.2, 0) is 16.1 Å². The molecule has 0 aliphatic heterocycles. The first kappa shape index (κ1) is 16.3. The number of esters is 1. The molecule has 0 fully saturated rings. The molecule has 0 aliphatic carbocycles. The second-order valence-electron chi connectivity index (χ2n) is 5.29. The number of hydrogen-bond donors (Lipinski definition) is 1. The van der Waals surface area contributed by atoms with Gasteiger partial charge in [-0.2, -0.15) is 0 Å². The maximum absolute atomic E-state index is 11.6. The van der Waals surface area contributed by atoms with Crippen LogP contribution in [0.15, 0.2) is 18.2 Å². The Kier molecular flexibility index (Phi) is 5.82. The summed E-state index contributed by atoms with van der Waals surface area (Å²) in [4.78, 5) is 11.6. The van der Waals surface area contributed by atoms with E-state index in [9.17, 15) is 4.79 Å². The zero-order chi connectivity index (χ0) is 15.2. The van der Waals surface area contributed by atoms with Gasteiger partial charge in [0, 0.05) is 6.54 Å². The van der Waals surface area contributed by atoms with Crippen molar-refractivity contribution in [3.63, 3.8) is 0 Å². The molecule has 112 valence electrons. The smallest absolute Gasteiger partial charge is 0.344 e. The lowest BCUT2D eigenvalue weighted by Gasteiger charge is -2.20. The molecule has 0 aliphatic rings. The van der Waals surface area contributed by atoms with Gasteiger partial charge in [-0.05, 0) is 45.4 Å². The van der Waals surface area contributed by atoms with Crippen LogP contribution in [0.3, 0.4) is 0 Å². The molecule has 0 amide bonds. The maximum atomic E-state index is 11.6. The highest BCUT2D eigenvalue weighted by Crippen LogP contribution is 2.28. The van der Waals surface area contributed by atoms with Crippen LogP contribution in [-0.4, -0.2) is 24.8 Å². The maximum Gasteiger partial charge on any atom is 0.344 e. The second-order valence-corrected chi connectivity index (χ2v) is 5.29. The van der Waals surface area contributed by atoms with Crippen LogP contribution in [0, 0.1) is 0 Å². The molecule has 1 aromatic carbocycles. The van der Waals surface area contributed by atoms with Crippen LogP contribution in [0.5, 0.6) is 11.5 Å². The lowest BCUT2D eigenvalue weighted by molar-refractivity contribution is -0.157. The van der Waals surface area contributed by atoms with Crippen LogP contribution in [0.1, 0.15) is 33.3 Å². The average molecular weight is 281 g/mol. The van der Waals surface area contributed by atoms with E-state index in [0.29, 0.717) is 24.7 Å². The summed E-state index contributed by atoms with van der Waals surface area (Å²) in [7, 11) is 0. The monoisotopic (exact) mass is 281 g/mol. The van der Waals surface area contributed by atoms with Crippen molar-refractivity contribution in [2.45, 2.75) is 39.8 Å². The Morgan fingerprint density at radius 3 is 2.45 bits per heavy atom. The molecule has 0 saturated carbocycles. The highest BCUT2D eigenvalue weighted by atomic mass is 16.6. The third kappa shape index (κ3) is 5.48. The number of hydrogen-bond acceptors (Lipinski definition) is 5. The zero-order valence-electron chi connectivity index (χ0n) is 12.6. The molecule has 0 saturated heterocycles. The Labute approximate surface area is 120 Å². The van der Waals surface area contributed by atoms with Gasteiger partial charge >= 0.3 is 5.97 Å². The van der Waals surface area contributed by atoms with Crippen molar-refractivity contribution in [2.24, 2.45) is 5.73 Å². The number of ether oxygens (including phenoxy) is 3. The first-order valence-electron chi connectivity index (χ1n) is 6.66. The van der Waals surface area contributed by atoms with E-state index in [1.807, 2.05) is 39.8 Å². The highest BCUT2D eigenvalue weighted by molar-refractivity contribution is 5.71. The van der Waals surface area contributed by atoms with E-state index in [4.69, 9.17) is 19.9 Å². The molecule has 0 radical (unpaired) electrons. The first-order chi connectivity index (χ1) is 9.35. The van der Waals surface area contributed by atoms with Crippen molar-refractivity contribution in [3.8, 4) is 11.5 Å². The van der Waals surface area contributed by atoms with Gasteiger partial charge in [-0.1, -0.05) is 6.07 Å². The standard InChI is InChI=1S/C15H23NO4/c1-5-18-13-8-11(9-16)6-7-12(13)19-10-14(17)20-15(2,3)4/h6-8H,5,9-10,16H2,1-4H3. The van der Waals surface area contributed by atoms with E-state index in [1.165, 1.54) is 0 Å². The molecule has 2 N–H and O–H groups in total. The molecule has 1 aromatic rings. The summed E-state index contributed by atoms with van der Waals surface area (Å²) >= 11 is 0. The molecule has 0 bridgehead atoms. The summed E-state index contributed by atoms with van der Waals surface area (Å²) in [6, 6.07) is 5.40. The minimum atomic E-state index is -0.521. The number of rotatable bonds is 6. The largest absolute Gasteiger partial charge is 0.490 e. The van der Waals surface area contributed by atoms with Crippen molar-refractivity contribution >= 4 is 5.97 Å². The third-order valence-corrected chi connectivity index (χ3v) is 2.31. The van der Waals surface area contributed by atoms with Gasteiger partial charge in [0.05, 0.1) is 6.61 Å². The highest BCUT2D eigenvalue weighted by Gasteiger charge is 2.17. The summed E-state index contributed by atoms with van der Waals surface area (Å²) in [6.07, 6.45) is 0. The van der Waals surface area contributed by atoms with Crippen molar-refractivity contribution in [1.29, 1.82) is 0 Å². The number of carbonyl (C=O) groups excluding carboxylic acids is 1. The second kappa shape index (κ2) is 7.14. The van der Waals surface area contributed by atoms with E-state index in [2.05, 4.69) is 0 Å². The average Bonchev–Trinajstić information content (AvgIpc) is 2.35. The zero-order valence-corrected chi connectivity index (χ0v) is 12.6. The molecule has 20 heavy (non-hydrogen) atoms.